The van der Waals surface area contributed by atoms with Gasteiger partial charge in [-0.3, -0.25) is 4.90 Å². The minimum atomic E-state index is -0.488. The normalized spacial score (nSPS) is 23.0. The molecule has 0 spiro atoms. The van der Waals surface area contributed by atoms with Gasteiger partial charge in [-0.1, -0.05) is 19.9 Å². The van der Waals surface area contributed by atoms with Crippen LogP contribution in [0, 0.1) is 6.92 Å². The molecular formula is C19H31ClNO3-. The molecule has 0 radical (unpaired) electrons. The van der Waals surface area contributed by atoms with E-state index in [9.17, 15) is 5.11 Å². The third-order valence-corrected chi connectivity index (χ3v) is 4.27. The Morgan fingerprint density at radius 3 is 2.42 bits per heavy atom. The molecule has 0 aliphatic carbocycles. The lowest BCUT2D eigenvalue weighted by Gasteiger charge is -2.36. The van der Waals surface area contributed by atoms with Gasteiger partial charge < -0.3 is 27.0 Å². The fourth-order valence-electron chi connectivity index (χ4n) is 3.36. The van der Waals surface area contributed by atoms with Gasteiger partial charge in [0.15, 0.2) is 0 Å². The van der Waals surface area contributed by atoms with Crippen LogP contribution in [0.15, 0.2) is 18.2 Å². The number of morpholine rings is 1. The van der Waals surface area contributed by atoms with Crippen LogP contribution in [-0.2, 0) is 4.74 Å². The number of aliphatic hydroxyl groups is 1. The van der Waals surface area contributed by atoms with Gasteiger partial charge in [-0.05, 0) is 49.9 Å². The topological polar surface area (TPSA) is 41.9 Å². The lowest BCUT2D eigenvalue weighted by Crippen LogP contribution is -3.00. The van der Waals surface area contributed by atoms with Crippen molar-refractivity contribution in [1.29, 1.82) is 0 Å². The summed E-state index contributed by atoms with van der Waals surface area (Å²) in [7, 11) is 0. The number of β-amino-alcohol motifs (C(OH)–C–C–N with tert-alkyl or cyclic N) is 1. The summed E-state index contributed by atoms with van der Waals surface area (Å²) in [5, 5.41) is 10.2. The summed E-state index contributed by atoms with van der Waals surface area (Å²) in [4.78, 5) is 2.25. The van der Waals surface area contributed by atoms with Gasteiger partial charge in [0, 0.05) is 19.6 Å². The molecule has 1 N–H and O–H groups in total. The minimum absolute atomic E-state index is 0. The number of ether oxygens (including phenoxy) is 2. The van der Waals surface area contributed by atoms with Gasteiger partial charge in [0.1, 0.15) is 18.5 Å². The Labute approximate surface area is 152 Å². The standard InChI is InChI=1S/C19H31NO3.ClH/c1-13(2)19-7-6-18(8-14(19)3)22-12-17(21)11-20-9-15(4)23-16(5)10-20;/h6-8,13,15-17,21H,9-12H2,1-5H3;1H/p-1. The molecule has 0 saturated carbocycles. The molecule has 24 heavy (non-hydrogen) atoms. The number of nitrogens with zero attached hydrogens (tertiary/aromatic N) is 1. The van der Waals surface area contributed by atoms with Crippen molar-refractivity contribution in [2.45, 2.75) is 58.8 Å². The molecule has 0 aromatic heterocycles. The zero-order valence-corrected chi connectivity index (χ0v) is 16.2. The highest BCUT2D eigenvalue weighted by molar-refractivity contribution is 5.36. The van der Waals surface area contributed by atoms with Crippen molar-refractivity contribution in [2.75, 3.05) is 26.2 Å². The van der Waals surface area contributed by atoms with Crippen LogP contribution in [0.4, 0.5) is 0 Å². The molecule has 1 aromatic rings. The Balaban J connectivity index is 0.00000288. The van der Waals surface area contributed by atoms with Crippen molar-refractivity contribution >= 4 is 0 Å². The molecule has 4 nitrogen and oxygen atoms in total. The number of aliphatic hydroxyl groups excluding tert-OH is 1. The molecule has 2 rings (SSSR count). The third kappa shape index (κ3) is 6.25. The van der Waals surface area contributed by atoms with Crippen molar-refractivity contribution in [3.8, 4) is 5.75 Å². The molecule has 138 valence electrons. The second-order valence-corrected chi connectivity index (χ2v) is 7.11. The SMILES string of the molecule is Cc1cc(OCC(O)CN2CC(C)OC(C)C2)ccc1C(C)C.[Cl-]. The highest BCUT2D eigenvalue weighted by Crippen LogP contribution is 2.23. The lowest BCUT2D eigenvalue weighted by molar-refractivity contribution is -0.0786. The molecular weight excluding hydrogens is 326 g/mol. The Morgan fingerprint density at radius 1 is 1.25 bits per heavy atom. The molecule has 1 aromatic carbocycles. The molecule has 3 atom stereocenters. The second-order valence-electron chi connectivity index (χ2n) is 7.11. The zero-order valence-electron chi connectivity index (χ0n) is 15.5. The van der Waals surface area contributed by atoms with E-state index in [1.807, 2.05) is 6.07 Å². The number of benzene rings is 1. The second kappa shape index (κ2) is 9.62. The minimum Gasteiger partial charge on any atom is -1.00 e. The van der Waals surface area contributed by atoms with Gasteiger partial charge in [0.05, 0.1) is 12.2 Å². The average Bonchev–Trinajstić information content (AvgIpc) is 2.43. The number of hydrogen-bond acceptors (Lipinski definition) is 4. The van der Waals surface area contributed by atoms with E-state index in [-0.39, 0.29) is 24.6 Å². The first-order valence-electron chi connectivity index (χ1n) is 8.64. The fraction of sp³-hybridized carbons (Fsp3) is 0.684. The van der Waals surface area contributed by atoms with E-state index < -0.39 is 6.10 Å². The van der Waals surface area contributed by atoms with Crippen LogP contribution in [-0.4, -0.2) is 54.6 Å². The summed E-state index contributed by atoms with van der Waals surface area (Å²) in [6.07, 6.45) is -0.0474. The van der Waals surface area contributed by atoms with Crippen LogP contribution in [0.1, 0.15) is 44.7 Å². The molecule has 1 saturated heterocycles. The number of halogens is 1. The first kappa shape index (κ1) is 21.2. The van der Waals surface area contributed by atoms with Gasteiger partial charge in [0.25, 0.3) is 0 Å². The first-order chi connectivity index (χ1) is 10.8. The van der Waals surface area contributed by atoms with E-state index in [1.165, 1.54) is 11.1 Å². The predicted octanol–water partition coefficient (Wildman–Crippen LogP) is -0.0287. The summed E-state index contributed by atoms with van der Waals surface area (Å²) >= 11 is 0. The van der Waals surface area contributed by atoms with E-state index in [2.05, 4.69) is 51.7 Å². The van der Waals surface area contributed by atoms with Gasteiger partial charge in [-0.2, -0.15) is 0 Å². The van der Waals surface area contributed by atoms with E-state index >= 15 is 0 Å². The smallest absolute Gasteiger partial charge is 0.119 e. The number of hydrogen-bond donors (Lipinski definition) is 1. The quantitative estimate of drug-likeness (QED) is 0.777. The third-order valence-electron chi connectivity index (χ3n) is 4.27. The van der Waals surface area contributed by atoms with Crippen LogP contribution in [0.25, 0.3) is 0 Å². The van der Waals surface area contributed by atoms with Crippen LogP contribution in [0.5, 0.6) is 5.75 Å². The molecule has 3 unspecified atom stereocenters. The monoisotopic (exact) mass is 356 g/mol. The van der Waals surface area contributed by atoms with Gasteiger partial charge >= 0.3 is 0 Å². The van der Waals surface area contributed by atoms with Gasteiger partial charge in [-0.25, -0.2) is 0 Å². The summed E-state index contributed by atoms with van der Waals surface area (Å²) in [5.74, 6) is 1.34. The van der Waals surface area contributed by atoms with Crippen LogP contribution < -0.4 is 17.1 Å². The van der Waals surface area contributed by atoms with E-state index in [0.29, 0.717) is 19.1 Å². The van der Waals surface area contributed by atoms with E-state index in [0.717, 1.165) is 18.8 Å². The highest BCUT2D eigenvalue weighted by atomic mass is 35.5. The molecule has 0 amide bonds. The van der Waals surface area contributed by atoms with Crippen molar-refractivity contribution in [3.05, 3.63) is 29.3 Å². The summed E-state index contributed by atoms with van der Waals surface area (Å²) < 4.78 is 11.5. The molecule has 1 fully saturated rings. The summed E-state index contributed by atoms with van der Waals surface area (Å²) in [6, 6.07) is 6.17. The zero-order chi connectivity index (χ0) is 17.0. The van der Waals surface area contributed by atoms with E-state index in [4.69, 9.17) is 9.47 Å². The number of rotatable bonds is 6. The maximum absolute atomic E-state index is 10.2. The number of aryl methyl sites for hydroxylation is 1. The maximum Gasteiger partial charge on any atom is 0.119 e. The Kier molecular flexibility index (Phi) is 8.51. The highest BCUT2D eigenvalue weighted by Gasteiger charge is 2.23. The maximum atomic E-state index is 10.2. The van der Waals surface area contributed by atoms with Crippen LogP contribution in [0.3, 0.4) is 0 Å². The molecule has 5 heteroatoms. The average molecular weight is 357 g/mol. The molecule has 1 aliphatic heterocycles. The van der Waals surface area contributed by atoms with Crippen molar-refractivity contribution in [2.24, 2.45) is 0 Å². The van der Waals surface area contributed by atoms with Crippen molar-refractivity contribution in [1.82, 2.24) is 4.90 Å². The lowest BCUT2D eigenvalue weighted by atomic mass is 9.98. The Hall–Kier alpha value is -0.810. The Bertz CT molecular complexity index is 499. The predicted molar refractivity (Wildman–Crippen MR) is 93.2 cm³/mol. The Morgan fingerprint density at radius 2 is 1.88 bits per heavy atom. The molecule has 1 aliphatic rings. The summed E-state index contributed by atoms with van der Waals surface area (Å²) in [5.41, 5.74) is 2.58. The first-order valence-corrected chi connectivity index (χ1v) is 8.64. The fourth-order valence-corrected chi connectivity index (χ4v) is 3.36. The van der Waals surface area contributed by atoms with Crippen LogP contribution in [0.2, 0.25) is 0 Å². The van der Waals surface area contributed by atoms with Gasteiger partial charge in [-0.15, -0.1) is 0 Å². The summed E-state index contributed by atoms with van der Waals surface area (Å²) in [6.45, 7) is 13.3. The molecule has 1 heterocycles. The van der Waals surface area contributed by atoms with Crippen LogP contribution >= 0.6 is 0 Å². The van der Waals surface area contributed by atoms with Gasteiger partial charge in [0.2, 0.25) is 0 Å². The van der Waals surface area contributed by atoms with Crippen molar-refractivity contribution in [3.63, 3.8) is 0 Å². The van der Waals surface area contributed by atoms with E-state index in [1.54, 1.807) is 0 Å². The van der Waals surface area contributed by atoms with Crippen molar-refractivity contribution < 1.29 is 27.0 Å². The molecule has 0 bridgehead atoms. The largest absolute Gasteiger partial charge is 1.00 e.